The first-order valence-electron chi connectivity index (χ1n) is 8.19. The molecule has 0 bridgehead atoms. The molecule has 0 aliphatic heterocycles. The number of thioether (sulfide) groups is 1. The van der Waals surface area contributed by atoms with Crippen molar-refractivity contribution in [1.82, 2.24) is 0 Å². The zero-order chi connectivity index (χ0) is 18.1. The van der Waals surface area contributed by atoms with Gasteiger partial charge in [-0.1, -0.05) is 13.3 Å². The standard InChI is InChI=1S/C19H24N2O3S/c1-4-5-12-25-16-9-6-14(7-10-16)20-19(22)21-15-8-11-17(23-2)18(13-15)24-3/h6-11,13H,4-5,12H2,1-3H3,(H2,20,21,22). The van der Waals surface area contributed by atoms with Gasteiger partial charge in [-0.2, -0.15) is 0 Å². The molecule has 0 atom stereocenters. The van der Waals surface area contributed by atoms with Gasteiger partial charge in [0.2, 0.25) is 0 Å². The lowest BCUT2D eigenvalue weighted by atomic mass is 10.2. The highest BCUT2D eigenvalue weighted by molar-refractivity contribution is 7.99. The van der Waals surface area contributed by atoms with Gasteiger partial charge in [0, 0.05) is 22.3 Å². The number of benzene rings is 2. The molecule has 0 fully saturated rings. The van der Waals surface area contributed by atoms with E-state index in [1.807, 2.05) is 36.0 Å². The van der Waals surface area contributed by atoms with Gasteiger partial charge in [0.1, 0.15) is 0 Å². The molecule has 0 radical (unpaired) electrons. The van der Waals surface area contributed by atoms with Crippen molar-refractivity contribution >= 4 is 29.2 Å². The average Bonchev–Trinajstić information content (AvgIpc) is 2.63. The van der Waals surface area contributed by atoms with Crippen LogP contribution in [0.3, 0.4) is 0 Å². The summed E-state index contributed by atoms with van der Waals surface area (Å²) < 4.78 is 10.4. The van der Waals surface area contributed by atoms with Crippen molar-refractivity contribution in [3.63, 3.8) is 0 Å². The third-order valence-corrected chi connectivity index (χ3v) is 4.62. The van der Waals surface area contributed by atoms with E-state index in [1.54, 1.807) is 32.4 Å². The van der Waals surface area contributed by atoms with Crippen LogP contribution in [-0.2, 0) is 0 Å². The van der Waals surface area contributed by atoms with E-state index in [-0.39, 0.29) is 6.03 Å². The van der Waals surface area contributed by atoms with E-state index in [1.165, 1.54) is 17.7 Å². The van der Waals surface area contributed by atoms with Crippen LogP contribution >= 0.6 is 11.8 Å². The van der Waals surface area contributed by atoms with Crippen molar-refractivity contribution < 1.29 is 14.3 Å². The number of nitrogens with one attached hydrogen (secondary N) is 2. The van der Waals surface area contributed by atoms with Crippen LogP contribution in [0, 0.1) is 0 Å². The molecule has 0 heterocycles. The van der Waals surface area contributed by atoms with Gasteiger partial charge in [0.25, 0.3) is 0 Å². The van der Waals surface area contributed by atoms with Crippen LogP contribution in [0.25, 0.3) is 0 Å². The first kappa shape index (κ1) is 19.0. The smallest absolute Gasteiger partial charge is 0.323 e. The maximum atomic E-state index is 12.1. The van der Waals surface area contributed by atoms with Crippen molar-refractivity contribution in [2.45, 2.75) is 24.7 Å². The molecule has 0 aliphatic rings. The molecular formula is C19H24N2O3S. The van der Waals surface area contributed by atoms with Gasteiger partial charge < -0.3 is 20.1 Å². The second-order valence-electron chi connectivity index (χ2n) is 5.38. The summed E-state index contributed by atoms with van der Waals surface area (Å²) in [5.41, 5.74) is 1.37. The summed E-state index contributed by atoms with van der Waals surface area (Å²) in [6.07, 6.45) is 2.40. The van der Waals surface area contributed by atoms with Crippen LogP contribution in [0.15, 0.2) is 47.4 Å². The highest BCUT2D eigenvalue weighted by Gasteiger charge is 2.07. The number of amides is 2. The Hall–Kier alpha value is -2.34. The molecule has 25 heavy (non-hydrogen) atoms. The molecule has 6 heteroatoms. The molecule has 0 saturated carbocycles. The monoisotopic (exact) mass is 360 g/mol. The summed E-state index contributed by atoms with van der Waals surface area (Å²) in [6, 6.07) is 12.8. The number of unbranched alkanes of at least 4 members (excludes halogenated alkanes) is 1. The van der Waals surface area contributed by atoms with E-state index < -0.39 is 0 Å². The second kappa shape index (κ2) is 9.84. The summed E-state index contributed by atoms with van der Waals surface area (Å²) in [4.78, 5) is 13.3. The molecule has 2 N–H and O–H groups in total. The van der Waals surface area contributed by atoms with Crippen LogP contribution in [0.4, 0.5) is 16.2 Å². The first-order chi connectivity index (χ1) is 12.2. The predicted octanol–water partition coefficient (Wildman–Crippen LogP) is 5.24. The number of hydrogen-bond donors (Lipinski definition) is 2. The normalized spacial score (nSPS) is 10.2. The van der Waals surface area contributed by atoms with Crippen LogP contribution in [-0.4, -0.2) is 26.0 Å². The summed E-state index contributed by atoms with van der Waals surface area (Å²) in [5.74, 6) is 2.29. The molecule has 2 aromatic carbocycles. The zero-order valence-corrected chi connectivity index (χ0v) is 15.6. The molecule has 0 aliphatic carbocycles. The number of hydrogen-bond acceptors (Lipinski definition) is 4. The third kappa shape index (κ3) is 5.90. The summed E-state index contributed by atoms with van der Waals surface area (Å²) in [7, 11) is 3.13. The van der Waals surface area contributed by atoms with E-state index in [4.69, 9.17) is 9.47 Å². The van der Waals surface area contributed by atoms with Crippen molar-refractivity contribution in [1.29, 1.82) is 0 Å². The number of methoxy groups -OCH3 is 2. The lowest BCUT2D eigenvalue weighted by Gasteiger charge is -2.11. The van der Waals surface area contributed by atoms with E-state index in [9.17, 15) is 4.79 Å². The van der Waals surface area contributed by atoms with Gasteiger partial charge in [-0.25, -0.2) is 4.79 Å². The number of carbonyl (C=O) groups excluding carboxylic acids is 1. The molecule has 0 unspecified atom stereocenters. The van der Waals surface area contributed by atoms with E-state index in [0.29, 0.717) is 17.2 Å². The predicted molar refractivity (Wildman–Crippen MR) is 104 cm³/mol. The third-order valence-electron chi connectivity index (χ3n) is 3.52. The SMILES string of the molecule is CCCCSc1ccc(NC(=O)Nc2ccc(OC)c(OC)c2)cc1. The highest BCUT2D eigenvalue weighted by Crippen LogP contribution is 2.29. The Morgan fingerprint density at radius 3 is 2.24 bits per heavy atom. The van der Waals surface area contributed by atoms with Crippen LogP contribution in [0.5, 0.6) is 11.5 Å². The van der Waals surface area contributed by atoms with Crippen molar-refractivity contribution in [2.24, 2.45) is 0 Å². The van der Waals surface area contributed by atoms with Gasteiger partial charge in [0.05, 0.1) is 14.2 Å². The van der Waals surface area contributed by atoms with Gasteiger partial charge in [-0.05, 0) is 48.6 Å². The minimum Gasteiger partial charge on any atom is -0.493 e. The molecule has 2 amide bonds. The van der Waals surface area contributed by atoms with E-state index in [0.717, 1.165) is 11.4 Å². The van der Waals surface area contributed by atoms with Gasteiger partial charge in [-0.15, -0.1) is 11.8 Å². The maximum absolute atomic E-state index is 12.1. The summed E-state index contributed by atoms with van der Waals surface area (Å²) in [6.45, 7) is 2.19. The molecule has 134 valence electrons. The number of rotatable bonds is 8. The Kier molecular flexibility index (Phi) is 7.47. The molecule has 0 aromatic heterocycles. The van der Waals surface area contributed by atoms with Crippen LogP contribution in [0.1, 0.15) is 19.8 Å². The van der Waals surface area contributed by atoms with Gasteiger partial charge in [0.15, 0.2) is 11.5 Å². The Morgan fingerprint density at radius 1 is 0.960 bits per heavy atom. The minimum absolute atomic E-state index is 0.307. The van der Waals surface area contributed by atoms with E-state index >= 15 is 0 Å². The lowest BCUT2D eigenvalue weighted by Crippen LogP contribution is -2.19. The molecule has 2 rings (SSSR count). The van der Waals surface area contributed by atoms with Crippen LogP contribution < -0.4 is 20.1 Å². The fraction of sp³-hybridized carbons (Fsp3) is 0.316. The van der Waals surface area contributed by atoms with Gasteiger partial charge in [-0.3, -0.25) is 0 Å². The first-order valence-corrected chi connectivity index (χ1v) is 9.17. The Labute approximate surface area is 153 Å². The quantitative estimate of drug-likeness (QED) is 0.499. The number of ether oxygens (including phenoxy) is 2. The molecular weight excluding hydrogens is 336 g/mol. The van der Waals surface area contributed by atoms with E-state index in [2.05, 4.69) is 17.6 Å². The number of anilines is 2. The molecule has 0 saturated heterocycles. The Morgan fingerprint density at radius 2 is 1.60 bits per heavy atom. The second-order valence-corrected chi connectivity index (χ2v) is 6.54. The number of carbonyl (C=O) groups is 1. The average molecular weight is 360 g/mol. The van der Waals surface area contributed by atoms with Crippen LogP contribution in [0.2, 0.25) is 0 Å². The Balaban J connectivity index is 1.91. The van der Waals surface area contributed by atoms with Crippen molar-refractivity contribution in [3.05, 3.63) is 42.5 Å². The molecule has 0 spiro atoms. The maximum Gasteiger partial charge on any atom is 0.323 e. The van der Waals surface area contributed by atoms with Crippen molar-refractivity contribution in [3.8, 4) is 11.5 Å². The topological polar surface area (TPSA) is 59.6 Å². The lowest BCUT2D eigenvalue weighted by molar-refractivity contribution is 0.262. The Bertz CT molecular complexity index is 690. The molecule has 5 nitrogen and oxygen atoms in total. The summed E-state index contributed by atoms with van der Waals surface area (Å²) in [5, 5.41) is 5.60. The molecule has 2 aromatic rings. The fourth-order valence-electron chi connectivity index (χ4n) is 2.18. The van der Waals surface area contributed by atoms with Gasteiger partial charge >= 0.3 is 6.03 Å². The minimum atomic E-state index is -0.307. The zero-order valence-electron chi connectivity index (χ0n) is 14.8. The highest BCUT2D eigenvalue weighted by atomic mass is 32.2. The fourth-order valence-corrected chi connectivity index (χ4v) is 3.17. The largest absolute Gasteiger partial charge is 0.493 e. The summed E-state index contributed by atoms with van der Waals surface area (Å²) >= 11 is 1.83. The number of urea groups is 1. The van der Waals surface area contributed by atoms with Crippen molar-refractivity contribution in [2.75, 3.05) is 30.6 Å².